The Morgan fingerprint density at radius 2 is 1.85 bits per heavy atom. The average Bonchev–Trinajstić information content (AvgIpc) is 2.79. The highest BCUT2D eigenvalue weighted by Gasteiger charge is 2.54. The highest BCUT2D eigenvalue weighted by Crippen LogP contribution is 2.43. The van der Waals surface area contributed by atoms with Crippen LogP contribution in [0.15, 0.2) is 53.6 Å². The maximum Gasteiger partial charge on any atom is 0.426 e. The second-order valence-corrected chi connectivity index (χ2v) is 8.05. The van der Waals surface area contributed by atoms with Gasteiger partial charge in [-0.05, 0) is 44.5 Å². The molecule has 0 heterocycles. The van der Waals surface area contributed by atoms with Crippen LogP contribution in [0.5, 0.6) is 5.75 Å². The number of hydrazine groups is 1. The van der Waals surface area contributed by atoms with Gasteiger partial charge in [0.1, 0.15) is 23.6 Å². The van der Waals surface area contributed by atoms with Crippen molar-refractivity contribution >= 4 is 35.6 Å². The van der Waals surface area contributed by atoms with E-state index in [1.807, 2.05) is 0 Å². The van der Waals surface area contributed by atoms with Gasteiger partial charge in [0, 0.05) is 11.3 Å². The van der Waals surface area contributed by atoms with Crippen LogP contribution in [-0.4, -0.2) is 47.2 Å². The molecule has 2 rings (SSSR count). The lowest BCUT2D eigenvalue weighted by Gasteiger charge is -2.39. The Bertz CT molecular complexity index is 1140. The van der Waals surface area contributed by atoms with Gasteiger partial charge in [-0.25, -0.2) is 25.2 Å². The van der Waals surface area contributed by atoms with Crippen molar-refractivity contribution in [3.8, 4) is 5.75 Å². The van der Waals surface area contributed by atoms with Crippen LogP contribution in [0.25, 0.3) is 5.57 Å². The standard InChI is InChI=1S/C23H27N5O6/c1-22(2,3)34-21(32)28(25)23(20(30)31,15-8-7-9-16(12-15)26-14-27-24)18(13-29)17-10-5-6-11-19(17)33-4/h5-12,14H,24-25H2,1-4H3,(H,26,27)(H,30,31)/t23-/m0/s1. The first kappa shape index (κ1) is 25.9. The SMILES string of the molecule is COc1ccccc1C(=C=O)[C@](C(=O)O)(c1cccc(NC=NN)c1)N(N)C(=O)OC(C)(C)C. The molecule has 0 aliphatic rings. The van der Waals surface area contributed by atoms with Crippen molar-refractivity contribution in [2.24, 2.45) is 16.8 Å². The van der Waals surface area contributed by atoms with E-state index < -0.39 is 28.8 Å². The summed E-state index contributed by atoms with van der Waals surface area (Å²) in [6.45, 7) is 4.78. The van der Waals surface area contributed by atoms with E-state index in [-0.39, 0.29) is 16.9 Å². The van der Waals surface area contributed by atoms with Gasteiger partial charge in [0.2, 0.25) is 5.54 Å². The van der Waals surface area contributed by atoms with Crippen molar-refractivity contribution in [1.29, 1.82) is 0 Å². The van der Waals surface area contributed by atoms with Gasteiger partial charge in [0.05, 0.1) is 12.7 Å². The van der Waals surface area contributed by atoms with Gasteiger partial charge < -0.3 is 25.7 Å². The number of hydrogen-bond donors (Lipinski definition) is 4. The zero-order valence-electron chi connectivity index (χ0n) is 19.2. The fourth-order valence-corrected chi connectivity index (χ4v) is 3.31. The molecule has 1 amide bonds. The highest BCUT2D eigenvalue weighted by atomic mass is 16.6. The summed E-state index contributed by atoms with van der Waals surface area (Å²) in [5, 5.41) is 17.0. The minimum absolute atomic E-state index is 0.0481. The Balaban J connectivity index is 2.92. The van der Waals surface area contributed by atoms with E-state index in [2.05, 4.69) is 10.4 Å². The Hall–Kier alpha value is -4.34. The Labute approximate surface area is 196 Å². The maximum absolute atomic E-state index is 13.0. The number of carboxylic acids is 1. The van der Waals surface area contributed by atoms with Crippen LogP contribution >= 0.6 is 0 Å². The normalized spacial score (nSPS) is 12.9. The molecule has 34 heavy (non-hydrogen) atoms. The second-order valence-electron chi connectivity index (χ2n) is 8.05. The smallest absolute Gasteiger partial charge is 0.426 e. The molecule has 0 saturated carbocycles. The number of carbonyl (C=O) groups excluding carboxylic acids is 2. The molecule has 1 atom stereocenters. The third-order valence-corrected chi connectivity index (χ3v) is 4.69. The number of anilines is 1. The van der Waals surface area contributed by atoms with Crippen LogP contribution in [0, 0.1) is 0 Å². The van der Waals surface area contributed by atoms with E-state index in [0.29, 0.717) is 10.7 Å². The number of nitrogens with one attached hydrogen (secondary N) is 1. The number of hydrogen-bond acceptors (Lipinski definition) is 8. The molecule has 0 unspecified atom stereocenters. The molecule has 6 N–H and O–H groups in total. The van der Waals surface area contributed by atoms with Crippen molar-refractivity contribution in [2.75, 3.05) is 12.4 Å². The van der Waals surface area contributed by atoms with Crippen LogP contribution in [0.2, 0.25) is 0 Å². The largest absolute Gasteiger partial charge is 0.496 e. The summed E-state index contributed by atoms with van der Waals surface area (Å²) in [7, 11) is 1.36. The van der Waals surface area contributed by atoms with Gasteiger partial charge in [-0.15, -0.1) is 0 Å². The van der Waals surface area contributed by atoms with E-state index in [0.717, 1.165) is 0 Å². The fraction of sp³-hybridized carbons (Fsp3) is 0.261. The Kier molecular flexibility index (Phi) is 8.02. The van der Waals surface area contributed by atoms with Gasteiger partial charge in [0.25, 0.3) is 0 Å². The van der Waals surface area contributed by atoms with Crippen molar-refractivity contribution in [1.82, 2.24) is 5.01 Å². The second kappa shape index (κ2) is 10.5. The van der Waals surface area contributed by atoms with E-state index in [1.54, 1.807) is 44.9 Å². The number of para-hydroxylation sites is 1. The number of aliphatic carboxylic acids is 1. The summed E-state index contributed by atoms with van der Waals surface area (Å²) < 4.78 is 10.7. The van der Waals surface area contributed by atoms with Crippen molar-refractivity contribution in [3.63, 3.8) is 0 Å². The van der Waals surface area contributed by atoms with Gasteiger partial charge in [-0.3, -0.25) is 0 Å². The molecule has 11 nitrogen and oxygen atoms in total. The molecule has 2 aromatic carbocycles. The summed E-state index contributed by atoms with van der Waals surface area (Å²) in [6, 6.07) is 12.1. The predicted octanol–water partition coefficient (Wildman–Crippen LogP) is 2.32. The fourth-order valence-electron chi connectivity index (χ4n) is 3.31. The van der Waals surface area contributed by atoms with Crippen LogP contribution in [0.4, 0.5) is 10.5 Å². The number of carbonyl (C=O) groups is 2. The number of nitrogens with zero attached hydrogens (tertiary/aromatic N) is 2. The molecule has 0 fully saturated rings. The number of hydrazone groups is 1. The van der Waals surface area contributed by atoms with Crippen LogP contribution < -0.4 is 21.7 Å². The highest BCUT2D eigenvalue weighted by molar-refractivity contribution is 6.09. The number of amides is 1. The molecule has 11 heteroatoms. The van der Waals surface area contributed by atoms with E-state index in [9.17, 15) is 19.5 Å². The molecule has 180 valence electrons. The van der Waals surface area contributed by atoms with E-state index in [4.69, 9.17) is 21.2 Å². The number of rotatable bonds is 8. The van der Waals surface area contributed by atoms with Crippen molar-refractivity contribution in [3.05, 3.63) is 59.7 Å². The monoisotopic (exact) mass is 469 g/mol. The molecule has 0 aliphatic carbocycles. The van der Waals surface area contributed by atoms with Crippen LogP contribution in [0.1, 0.15) is 31.9 Å². The zero-order valence-corrected chi connectivity index (χ0v) is 19.2. The minimum atomic E-state index is -2.56. The first-order valence-corrected chi connectivity index (χ1v) is 10.0. The number of benzene rings is 2. The number of methoxy groups -OCH3 is 1. The average molecular weight is 469 g/mol. The summed E-state index contributed by atoms with van der Waals surface area (Å²) in [5.41, 5.74) is -3.65. The lowest BCUT2D eigenvalue weighted by molar-refractivity contribution is -0.148. The third-order valence-electron chi connectivity index (χ3n) is 4.69. The lowest BCUT2D eigenvalue weighted by Crippen LogP contribution is -2.60. The van der Waals surface area contributed by atoms with Crippen molar-refractivity contribution < 1.29 is 29.0 Å². The van der Waals surface area contributed by atoms with Crippen molar-refractivity contribution in [2.45, 2.75) is 31.9 Å². The Morgan fingerprint density at radius 1 is 1.18 bits per heavy atom. The molecule has 2 aromatic rings. The predicted molar refractivity (Wildman–Crippen MR) is 126 cm³/mol. The molecular weight excluding hydrogens is 442 g/mol. The van der Waals surface area contributed by atoms with E-state index >= 15 is 0 Å². The molecule has 0 saturated heterocycles. The zero-order chi connectivity index (χ0) is 25.5. The molecule has 0 radical (unpaired) electrons. The lowest BCUT2D eigenvalue weighted by atomic mass is 9.78. The van der Waals surface area contributed by atoms with Gasteiger partial charge in [0.15, 0.2) is 0 Å². The quantitative estimate of drug-likeness (QED) is 0.113. The first-order chi connectivity index (χ1) is 16.0. The summed E-state index contributed by atoms with van der Waals surface area (Å²) in [4.78, 5) is 38.4. The molecular formula is C23H27N5O6. The minimum Gasteiger partial charge on any atom is -0.496 e. The van der Waals surface area contributed by atoms with Gasteiger partial charge in [-0.1, -0.05) is 30.3 Å². The molecule has 0 aliphatic heterocycles. The topological polar surface area (TPSA) is 170 Å². The summed E-state index contributed by atoms with van der Waals surface area (Å²) >= 11 is 0. The summed E-state index contributed by atoms with van der Waals surface area (Å²) in [5.74, 6) is 11.5. The summed E-state index contributed by atoms with van der Waals surface area (Å²) in [6.07, 6.45) is -0.00813. The van der Waals surface area contributed by atoms with Crippen LogP contribution in [0.3, 0.4) is 0 Å². The number of carboxylic acid groups (broad SMARTS) is 1. The van der Waals surface area contributed by atoms with Gasteiger partial charge >= 0.3 is 12.1 Å². The van der Waals surface area contributed by atoms with E-state index in [1.165, 1.54) is 43.8 Å². The third kappa shape index (κ3) is 5.17. The molecule has 0 aromatic heterocycles. The molecule has 0 spiro atoms. The maximum atomic E-state index is 13.0. The van der Waals surface area contributed by atoms with Crippen LogP contribution in [-0.2, 0) is 19.9 Å². The number of nitrogens with two attached hydrogens (primary N) is 2. The van der Waals surface area contributed by atoms with Gasteiger partial charge in [-0.2, -0.15) is 5.10 Å². The molecule has 0 bridgehead atoms. The first-order valence-electron chi connectivity index (χ1n) is 10.0. The number of ether oxygens (including phenoxy) is 2. The Morgan fingerprint density at radius 3 is 2.41 bits per heavy atom.